The van der Waals surface area contributed by atoms with Crippen LogP contribution in [-0.4, -0.2) is 65.5 Å². The van der Waals surface area contributed by atoms with Gasteiger partial charge in [0.1, 0.15) is 17.3 Å². The van der Waals surface area contributed by atoms with Crippen molar-refractivity contribution in [1.29, 1.82) is 0 Å². The number of amides is 1. The molecule has 4 aromatic rings. The van der Waals surface area contributed by atoms with Gasteiger partial charge >= 0.3 is 6.09 Å². The van der Waals surface area contributed by atoms with Crippen molar-refractivity contribution in [2.45, 2.75) is 83.1 Å². The molecule has 0 unspecified atom stereocenters. The van der Waals surface area contributed by atoms with Crippen LogP contribution in [0.25, 0.3) is 11.0 Å². The van der Waals surface area contributed by atoms with Gasteiger partial charge in [0.05, 0.1) is 18.5 Å². The van der Waals surface area contributed by atoms with Gasteiger partial charge in [0.25, 0.3) is 5.56 Å². The summed E-state index contributed by atoms with van der Waals surface area (Å²) in [5.41, 5.74) is 3.13. The molecular weight excluding hydrogens is 680 g/mol. The summed E-state index contributed by atoms with van der Waals surface area (Å²) in [6.07, 6.45) is 8.12. The zero-order valence-electron chi connectivity index (χ0n) is 28.3. The fraction of sp³-hybridized carbons (Fsp3) is 0.444. The molecule has 6 rings (SSSR count). The molecule has 2 saturated carbocycles. The third-order valence-electron chi connectivity index (χ3n) is 9.56. The maximum absolute atomic E-state index is 13.0. The van der Waals surface area contributed by atoms with E-state index in [0.717, 1.165) is 62.5 Å². The Bertz CT molecular complexity index is 1980. The molecule has 0 radical (unpaired) electrons. The minimum Gasteiger partial charge on any atom is -0.445 e. The molecule has 0 saturated heterocycles. The van der Waals surface area contributed by atoms with Crippen molar-refractivity contribution in [3.8, 4) is 0 Å². The van der Waals surface area contributed by atoms with Gasteiger partial charge in [0.2, 0.25) is 16.0 Å². The molecule has 1 amide bonds. The topological polar surface area (TPSA) is 145 Å². The van der Waals surface area contributed by atoms with Crippen LogP contribution in [0.3, 0.4) is 0 Å². The van der Waals surface area contributed by atoms with Crippen LogP contribution < -0.4 is 15.6 Å². The maximum Gasteiger partial charge on any atom is 0.410 e. The van der Waals surface area contributed by atoms with Gasteiger partial charge in [-0.3, -0.25) is 14.1 Å². The van der Waals surface area contributed by atoms with Crippen molar-refractivity contribution in [3.63, 3.8) is 0 Å². The summed E-state index contributed by atoms with van der Waals surface area (Å²) >= 11 is 6.26. The minimum atomic E-state index is -3.67. The molecule has 0 bridgehead atoms. The van der Waals surface area contributed by atoms with Crippen molar-refractivity contribution in [1.82, 2.24) is 19.4 Å². The highest BCUT2D eigenvalue weighted by molar-refractivity contribution is 7.92. The quantitative estimate of drug-likeness (QED) is 0.159. The van der Waals surface area contributed by atoms with E-state index in [0.29, 0.717) is 28.4 Å². The van der Waals surface area contributed by atoms with Gasteiger partial charge < -0.3 is 19.7 Å². The van der Waals surface area contributed by atoms with E-state index in [4.69, 9.17) is 21.1 Å². The van der Waals surface area contributed by atoms with Crippen LogP contribution in [0.5, 0.6) is 0 Å². The first-order valence-corrected chi connectivity index (χ1v) is 19.1. The van der Waals surface area contributed by atoms with Crippen LogP contribution in [-0.2, 0) is 26.1 Å². The Kier molecular flexibility index (Phi) is 11.2. The molecule has 2 fully saturated rings. The molecule has 0 aliphatic heterocycles. The smallest absolute Gasteiger partial charge is 0.410 e. The predicted molar refractivity (Wildman–Crippen MR) is 195 cm³/mol. The van der Waals surface area contributed by atoms with Crippen LogP contribution >= 0.6 is 11.6 Å². The number of hydrogen-bond acceptors (Lipinski definition) is 9. The van der Waals surface area contributed by atoms with Crippen LogP contribution in [0.4, 0.5) is 22.1 Å². The largest absolute Gasteiger partial charge is 0.445 e. The third-order valence-corrected chi connectivity index (χ3v) is 11.1. The summed E-state index contributed by atoms with van der Waals surface area (Å²) in [6.45, 7) is 2.15. The highest BCUT2D eigenvalue weighted by Crippen LogP contribution is 2.32. The maximum atomic E-state index is 13.0. The number of sulfonamides is 1. The number of nitrogens with one attached hydrogen (secondary N) is 2. The van der Waals surface area contributed by atoms with Gasteiger partial charge in [0.15, 0.2) is 0 Å². The monoisotopic (exact) mass is 722 g/mol. The fourth-order valence-corrected chi connectivity index (χ4v) is 7.87. The zero-order valence-corrected chi connectivity index (χ0v) is 29.9. The second-order valence-corrected chi connectivity index (χ2v) is 15.4. The van der Waals surface area contributed by atoms with E-state index in [1.54, 1.807) is 47.0 Å². The normalized spacial score (nSPS) is 18.2. The Labute approximate surface area is 297 Å². The Hall–Kier alpha value is -4.20. The van der Waals surface area contributed by atoms with E-state index in [2.05, 4.69) is 20.0 Å². The minimum absolute atomic E-state index is 0.0510. The molecule has 0 atom stereocenters. The average Bonchev–Trinajstić information content (AvgIpc) is 3.64. The van der Waals surface area contributed by atoms with Crippen molar-refractivity contribution in [2.24, 2.45) is 0 Å². The summed E-state index contributed by atoms with van der Waals surface area (Å²) in [5, 5.41) is 4.05. The Balaban J connectivity index is 0.978. The molecule has 2 aliphatic carbocycles. The van der Waals surface area contributed by atoms with Gasteiger partial charge in [-0.15, -0.1) is 0 Å². The number of benzene rings is 2. The van der Waals surface area contributed by atoms with Gasteiger partial charge in [-0.2, -0.15) is 4.98 Å². The van der Waals surface area contributed by atoms with Gasteiger partial charge in [-0.25, -0.2) is 18.2 Å². The SMILES string of the molecule is Cc1cc(NS(=O)(=O)CCOC2CCC(N(C)C(=O)OCc3ccccc3)CC2)ccc1Nc1ncc2cc(Cl)c(=O)n(C3CCCC3)c2n1. The zero-order chi connectivity index (χ0) is 35.3. The number of ether oxygens (including phenoxy) is 2. The number of nitrogens with zero attached hydrogens (tertiary/aromatic N) is 4. The molecule has 2 aromatic heterocycles. The first-order valence-electron chi connectivity index (χ1n) is 17.1. The molecule has 12 nitrogen and oxygen atoms in total. The highest BCUT2D eigenvalue weighted by atomic mass is 35.5. The Morgan fingerprint density at radius 3 is 2.50 bits per heavy atom. The van der Waals surface area contributed by atoms with E-state index in [1.165, 1.54) is 0 Å². The van der Waals surface area contributed by atoms with E-state index in [1.807, 2.05) is 37.3 Å². The Morgan fingerprint density at radius 1 is 1.04 bits per heavy atom. The highest BCUT2D eigenvalue weighted by Gasteiger charge is 2.28. The predicted octanol–water partition coefficient (Wildman–Crippen LogP) is 6.95. The molecule has 2 aromatic carbocycles. The molecule has 14 heteroatoms. The molecular formula is C36H43ClN6O6S. The number of carbonyl (C=O) groups is 1. The molecule has 2 heterocycles. The van der Waals surface area contributed by atoms with Gasteiger partial charge in [-0.05, 0) is 80.8 Å². The van der Waals surface area contributed by atoms with Crippen molar-refractivity contribution >= 4 is 56.1 Å². The van der Waals surface area contributed by atoms with E-state index >= 15 is 0 Å². The number of halogens is 1. The summed E-state index contributed by atoms with van der Waals surface area (Å²) in [6, 6.07) is 16.4. The molecule has 50 heavy (non-hydrogen) atoms. The number of pyridine rings is 1. The number of anilines is 3. The standard InChI is InChI=1S/C36H43ClN6O6S/c1-24-20-27(12-17-32(24)39-35-38-22-26-21-31(37)34(44)43(33(26)40-35)29-10-6-7-11-29)41-50(46,47)19-18-48-30-15-13-28(14-16-30)42(2)36(45)49-23-25-8-4-3-5-9-25/h3-5,8-9,12,17,20-22,28-30,41H,6-7,10-11,13-16,18-19,23H2,1-2H3,(H,38,39,40). The van der Waals surface area contributed by atoms with Crippen LogP contribution in [0.1, 0.15) is 68.5 Å². The summed E-state index contributed by atoms with van der Waals surface area (Å²) in [7, 11) is -1.91. The van der Waals surface area contributed by atoms with Crippen LogP contribution in [0, 0.1) is 6.92 Å². The van der Waals surface area contributed by atoms with Crippen LogP contribution in [0.2, 0.25) is 5.02 Å². The average molecular weight is 723 g/mol. The second-order valence-electron chi connectivity index (χ2n) is 13.1. The van der Waals surface area contributed by atoms with Crippen molar-refractivity contribution in [2.75, 3.05) is 29.4 Å². The fourth-order valence-electron chi connectivity index (χ4n) is 6.76. The lowest BCUT2D eigenvalue weighted by Crippen LogP contribution is -2.41. The summed E-state index contributed by atoms with van der Waals surface area (Å²) in [5.74, 6) is 0.137. The Morgan fingerprint density at radius 2 is 1.78 bits per heavy atom. The molecule has 2 aliphatic rings. The number of fused-ring (bicyclic) bond motifs is 1. The second kappa shape index (κ2) is 15.8. The molecule has 0 spiro atoms. The van der Waals surface area contributed by atoms with Crippen molar-refractivity contribution in [3.05, 3.63) is 87.3 Å². The molecule has 266 valence electrons. The summed E-state index contributed by atoms with van der Waals surface area (Å²) in [4.78, 5) is 36.3. The van der Waals surface area contributed by atoms with Gasteiger partial charge in [0, 0.05) is 42.1 Å². The third kappa shape index (κ3) is 8.74. The number of rotatable bonds is 12. The lowest BCUT2D eigenvalue weighted by molar-refractivity contribution is 0.0154. The number of carbonyl (C=O) groups excluding carboxylic acids is 1. The number of aromatic nitrogens is 3. The number of aryl methyl sites for hydroxylation is 1. The summed E-state index contributed by atoms with van der Waals surface area (Å²) < 4.78 is 41.5. The van der Waals surface area contributed by atoms with Gasteiger partial charge in [-0.1, -0.05) is 54.8 Å². The first kappa shape index (κ1) is 35.6. The molecule has 2 N–H and O–H groups in total. The lowest BCUT2D eigenvalue weighted by atomic mass is 9.92. The first-order chi connectivity index (χ1) is 24.1. The van der Waals surface area contributed by atoms with Crippen molar-refractivity contribution < 1.29 is 22.7 Å². The van der Waals surface area contributed by atoms with E-state index in [-0.39, 0.29) is 53.8 Å². The van der Waals surface area contributed by atoms with E-state index < -0.39 is 10.0 Å². The van der Waals surface area contributed by atoms with Crippen LogP contribution in [0.15, 0.2) is 65.6 Å². The number of hydrogen-bond donors (Lipinski definition) is 2. The lowest BCUT2D eigenvalue weighted by Gasteiger charge is -2.34. The van der Waals surface area contributed by atoms with E-state index in [9.17, 15) is 18.0 Å².